The predicted molar refractivity (Wildman–Crippen MR) is 201 cm³/mol. The molecule has 4 aliphatic rings. The Balaban J connectivity index is 1.29. The third-order valence-electron chi connectivity index (χ3n) is 9.91. The molecule has 0 radical (unpaired) electrons. The first kappa shape index (κ1) is 39.6. The molecule has 3 aliphatic carbocycles. The summed E-state index contributed by atoms with van der Waals surface area (Å²) in [5, 5.41) is 6.56. The van der Waals surface area contributed by atoms with Crippen molar-refractivity contribution in [3.05, 3.63) is 41.6 Å². The first-order valence-electron chi connectivity index (χ1n) is 18.7. The Bertz CT molecular complexity index is 1940. The van der Waals surface area contributed by atoms with Crippen molar-refractivity contribution in [3.8, 4) is 11.6 Å². The minimum Gasteiger partial charge on any atom is -0.488 e. The average molecular weight is 788 g/mol. The normalized spacial score (nSPS) is 24.7. The van der Waals surface area contributed by atoms with Crippen LogP contribution in [-0.4, -0.2) is 89.3 Å². The fourth-order valence-corrected chi connectivity index (χ4v) is 8.31. The molecule has 1 aromatic carbocycles. The monoisotopic (exact) mass is 787 g/mol. The number of alkyl carbamates (subject to hydrolysis) is 1. The number of hydrogen-bond donors (Lipinski definition) is 3. The zero-order chi connectivity index (χ0) is 39.2. The smallest absolute Gasteiger partial charge is 0.408 e. The van der Waals surface area contributed by atoms with Crippen molar-refractivity contribution in [3.63, 3.8) is 0 Å². The van der Waals surface area contributed by atoms with Gasteiger partial charge in [0.1, 0.15) is 35.1 Å². The minimum absolute atomic E-state index is 0.00638. The molecule has 4 amide bonds. The third kappa shape index (κ3) is 8.88. The molecule has 4 fully saturated rings. The highest BCUT2D eigenvalue weighted by molar-refractivity contribution is 7.91. The van der Waals surface area contributed by atoms with Crippen LogP contribution >= 0.6 is 11.6 Å². The molecule has 0 unspecified atom stereocenters. The maximum absolute atomic E-state index is 14.4. The molecule has 5 atom stereocenters. The molecule has 16 heteroatoms. The van der Waals surface area contributed by atoms with Crippen molar-refractivity contribution >= 4 is 56.2 Å². The van der Waals surface area contributed by atoms with E-state index in [0.717, 1.165) is 12.8 Å². The van der Waals surface area contributed by atoms with Crippen LogP contribution in [0.2, 0.25) is 5.02 Å². The summed E-state index contributed by atoms with van der Waals surface area (Å²) in [5.74, 6) is -2.12. The van der Waals surface area contributed by atoms with E-state index < -0.39 is 80.3 Å². The Morgan fingerprint density at radius 1 is 1.09 bits per heavy atom. The van der Waals surface area contributed by atoms with Gasteiger partial charge in [-0.05, 0) is 77.3 Å². The van der Waals surface area contributed by atoms with Crippen molar-refractivity contribution < 1.29 is 41.8 Å². The first-order valence-corrected chi connectivity index (χ1v) is 20.6. The number of amides is 4. The number of hydrogen-bond acceptors (Lipinski definition) is 10. The number of likely N-dealkylation sites (tertiary alicyclic amines) is 1. The van der Waals surface area contributed by atoms with E-state index in [2.05, 4.69) is 20.3 Å². The van der Waals surface area contributed by atoms with E-state index in [4.69, 9.17) is 25.8 Å². The molecule has 0 bridgehead atoms. The molecule has 2 aromatic rings. The van der Waals surface area contributed by atoms with Gasteiger partial charge in [0, 0.05) is 23.1 Å². The van der Waals surface area contributed by atoms with Gasteiger partial charge in [-0.25, -0.2) is 18.2 Å². The van der Waals surface area contributed by atoms with Gasteiger partial charge < -0.3 is 29.7 Å². The predicted octanol–water partition coefficient (Wildman–Crippen LogP) is 4.78. The summed E-state index contributed by atoms with van der Waals surface area (Å²) < 4.78 is 45.8. The second-order valence-corrected chi connectivity index (χ2v) is 18.4. The van der Waals surface area contributed by atoms with Crippen LogP contribution in [-0.2, 0) is 29.1 Å². The number of nitrogens with one attached hydrogen (secondary N) is 3. The van der Waals surface area contributed by atoms with E-state index in [1.807, 2.05) is 13.0 Å². The number of ether oxygens (including phenoxy) is 3. The molecule has 0 spiro atoms. The lowest BCUT2D eigenvalue weighted by molar-refractivity contribution is -0.141. The van der Waals surface area contributed by atoms with Gasteiger partial charge in [0.25, 0.3) is 5.91 Å². The number of pyridine rings is 1. The number of allylic oxidation sites excluding steroid dienone is 1. The van der Waals surface area contributed by atoms with Crippen molar-refractivity contribution in [1.29, 1.82) is 0 Å². The van der Waals surface area contributed by atoms with Crippen LogP contribution in [0.15, 0.2) is 36.5 Å². The summed E-state index contributed by atoms with van der Waals surface area (Å²) in [5.41, 5.74) is -2.35. The topological polar surface area (TPSA) is 182 Å². The zero-order valence-corrected chi connectivity index (χ0v) is 33.1. The second-order valence-electron chi connectivity index (χ2n) is 16.0. The summed E-state index contributed by atoms with van der Waals surface area (Å²) in [6, 6.07) is 3.09. The van der Waals surface area contributed by atoms with E-state index in [1.54, 1.807) is 65.1 Å². The van der Waals surface area contributed by atoms with Gasteiger partial charge >= 0.3 is 6.09 Å². The highest BCUT2D eigenvalue weighted by Gasteiger charge is 2.62. The average Bonchev–Trinajstić information content (AvgIpc) is 3.98. The molecule has 3 N–H and O–H groups in total. The van der Waals surface area contributed by atoms with E-state index in [0.29, 0.717) is 40.8 Å². The lowest BCUT2D eigenvalue weighted by Gasteiger charge is -2.31. The number of rotatable bonds is 14. The first-order chi connectivity index (χ1) is 25.4. The molecule has 1 aromatic heterocycles. The molecule has 3 saturated carbocycles. The van der Waals surface area contributed by atoms with Crippen LogP contribution in [0.3, 0.4) is 0 Å². The van der Waals surface area contributed by atoms with Gasteiger partial charge in [0.2, 0.25) is 27.7 Å². The lowest BCUT2D eigenvalue weighted by Crippen LogP contribution is -2.59. The largest absolute Gasteiger partial charge is 0.488 e. The van der Waals surface area contributed by atoms with Crippen molar-refractivity contribution in [2.75, 3.05) is 6.54 Å². The SMILES string of the molecule is CC/C=C\[C@@H]1C[C@]1(NC(=O)[C@@H]1C[C@@H](Oc2ncc(OC3CC3)c3c(Cl)cccc23)CN1C(=O)[C@@H](NC(=O)OC(C)(C)C)C(C)C)C(=O)NS(=O)(=O)C1CC1. The van der Waals surface area contributed by atoms with E-state index >= 15 is 0 Å². The molecular weight excluding hydrogens is 738 g/mol. The van der Waals surface area contributed by atoms with Crippen molar-refractivity contribution in [1.82, 2.24) is 25.2 Å². The van der Waals surface area contributed by atoms with E-state index in [-0.39, 0.29) is 31.4 Å². The lowest BCUT2D eigenvalue weighted by atomic mass is 10.0. The number of fused-ring (bicyclic) bond motifs is 1. The Morgan fingerprint density at radius 2 is 1.81 bits per heavy atom. The minimum atomic E-state index is -3.91. The fraction of sp³-hybridized carbons (Fsp3) is 0.605. The van der Waals surface area contributed by atoms with E-state index in [9.17, 15) is 27.6 Å². The molecule has 54 heavy (non-hydrogen) atoms. The van der Waals surface area contributed by atoms with Crippen LogP contribution in [0, 0.1) is 11.8 Å². The van der Waals surface area contributed by atoms with Gasteiger partial charge in [-0.2, -0.15) is 0 Å². The molecule has 1 saturated heterocycles. The highest BCUT2D eigenvalue weighted by Crippen LogP contribution is 2.46. The maximum atomic E-state index is 14.4. The molecule has 14 nitrogen and oxygen atoms in total. The number of benzene rings is 1. The van der Waals surface area contributed by atoms with Gasteiger partial charge in [-0.15, -0.1) is 0 Å². The zero-order valence-electron chi connectivity index (χ0n) is 31.5. The number of sulfonamides is 1. The van der Waals surface area contributed by atoms with Crippen LogP contribution in [0.1, 0.15) is 86.5 Å². The quantitative estimate of drug-likeness (QED) is 0.226. The standard InChI is InChI=1S/C38H50ClN5O9S/c1-7-8-10-22-18-38(22,35(47)43-54(49,50)25-15-16-25)42-32(45)28-17-24(20-44(28)34(46)31(21(2)3)41-36(48)53-37(4,5)6)52-33-26-11-9-12-27(39)30(26)29(19-40-33)51-23-13-14-23/h8-12,19,21-25,28,31H,7,13-18,20H2,1-6H3,(H,41,48)(H,42,45)(H,43,47)/b10-8-/t22-,24-,28+,31+,38-/m1/s1. The van der Waals surface area contributed by atoms with E-state index in [1.165, 1.54) is 4.90 Å². The molecule has 294 valence electrons. The number of aromatic nitrogens is 1. The van der Waals surface area contributed by atoms with Crippen molar-refractivity contribution in [2.24, 2.45) is 11.8 Å². The summed E-state index contributed by atoms with van der Waals surface area (Å²) in [4.78, 5) is 61.2. The molecule has 6 rings (SSSR count). The van der Waals surface area contributed by atoms with Crippen LogP contribution in [0.4, 0.5) is 4.79 Å². The molecule has 2 heterocycles. The Morgan fingerprint density at radius 3 is 2.44 bits per heavy atom. The third-order valence-corrected chi connectivity index (χ3v) is 12.0. The summed E-state index contributed by atoms with van der Waals surface area (Å²) in [7, 11) is -3.91. The fourth-order valence-electron chi connectivity index (χ4n) is 6.68. The number of carbonyl (C=O) groups is 4. The van der Waals surface area contributed by atoms with Crippen LogP contribution in [0.5, 0.6) is 11.6 Å². The Kier molecular flexibility index (Phi) is 11.1. The summed E-state index contributed by atoms with van der Waals surface area (Å²) in [6.45, 7) is 10.5. The maximum Gasteiger partial charge on any atom is 0.408 e. The summed E-state index contributed by atoms with van der Waals surface area (Å²) in [6.07, 6.45) is 7.43. The van der Waals surface area contributed by atoms with Crippen molar-refractivity contribution in [2.45, 2.75) is 127 Å². The highest BCUT2D eigenvalue weighted by atomic mass is 35.5. The van der Waals surface area contributed by atoms with Crippen LogP contribution < -0.4 is 24.8 Å². The second kappa shape index (κ2) is 15.2. The Hall–Kier alpha value is -4.11. The number of carbonyl (C=O) groups excluding carboxylic acids is 4. The number of nitrogens with zero attached hydrogens (tertiary/aromatic N) is 2. The molecular formula is C38H50ClN5O9S. The van der Waals surface area contributed by atoms with Gasteiger partial charge in [-0.3, -0.25) is 19.1 Å². The van der Waals surface area contributed by atoms with Gasteiger partial charge in [0.15, 0.2) is 0 Å². The number of halogens is 1. The Labute approximate surface area is 321 Å². The van der Waals surface area contributed by atoms with Gasteiger partial charge in [0.05, 0.1) is 29.1 Å². The molecule has 1 aliphatic heterocycles. The van der Waals surface area contributed by atoms with Crippen LogP contribution in [0.25, 0.3) is 10.8 Å². The van der Waals surface area contributed by atoms with Gasteiger partial charge in [-0.1, -0.05) is 50.6 Å². The summed E-state index contributed by atoms with van der Waals surface area (Å²) >= 11 is 6.64.